The number of carbonyl (C=O) groups excluding carboxylic acids is 1. The molecular weight excluding hydrogens is 350 g/mol. The van der Waals surface area contributed by atoms with E-state index in [4.69, 9.17) is 5.11 Å². The summed E-state index contributed by atoms with van der Waals surface area (Å²) in [6.07, 6.45) is 5.08. The van der Waals surface area contributed by atoms with Gasteiger partial charge in [0.05, 0.1) is 17.6 Å². The Bertz CT molecular complexity index is 867. The molecule has 27 heavy (non-hydrogen) atoms. The second kappa shape index (κ2) is 6.27. The maximum atomic E-state index is 13.1. The van der Waals surface area contributed by atoms with Crippen molar-refractivity contribution in [2.24, 2.45) is 11.3 Å². The van der Waals surface area contributed by atoms with Crippen LogP contribution in [0.5, 0.6) is 0 Å². The molecular formula is C20H24NO6+. The lowest BCUT2D eigenvalue weighted by molar-refractivity contribution is -0.711. The van der Waals surface area contributed by atoms with E-state index in [-0.39, 0.29) is 35.5 Å². The first-order chi connectivity index (χ1) is 12.4. The molecule has 3 N–H and O–H groups in total. The zero-order chi connectivity index (χ0) is 20.1. The summed E-state index contributed by atoms with van der Waals surface area (Å²) < 4.78 is 1.35. The molecule has 1 aromatic rings. The minimum absolute atomic E-state index is 0.100. The minimum atomic E-state index is -1.23. The Kier molecular flexibility index (Phi) is 4.46. The molecule has 0 spiro atoms. The third-order valence-electron chi connectivity index (χ3n) is 5.64. The molecule has 7 nitrogen and oxygen atoms in total. The number of carboxylic acids is 2. The quantitative estimate of drug-likeness (QED) is 0.677. The first kappa shape index (κ1) is 19.2. The molecule has 3 atom stereocenters. The predicted octanol–water partition coefficient (Wildman–Crippen LogP) is 1.84. The molecule has 7 heteroatoms. The van der Waals surface area contributed by atoms with Gasteiger partial charge in [-0.15, -0.1) is 0 Å². The highest BCUT2D eigenvalue weighted by Gasteiger charge is 2.51. The smallest absolute Gasteiger partial charge is 0.373 e. The number of hydrogen-bond acceptors (Lipinski definition) is 4. The summed E-state index contributed by atoms with van der Waals surface area (Å²) in [6.45, 7) is 5.71. The normalized spacial score (nSPS) is 26.7. The number of carbonyl (C=O) groups is 3. The lowest BCUT2D eigenvalue weighted by Crippen LogP contribution is -2.47. The average molecular weight is 374 g/mol. The van der Waals surface area contributed by atoms with E-state index in [1.54, 1.807) is 13.0 Å². The number of Topliss-reactive ketones (excluding diaryl/α,β-unsaturated/α-hetero) is 1. The van der Waals surface area contributed by atoms with E-state index in [0.717, 1.165) is 0 Å². The fourth-order valence-electron chi connectivity index (χ4n) is 4.27. The summed E-state index contributed by atoms with van der Waals surface area (Å²) in [5.41, 5.74) is -0.132. The SMILES string of the molecule is CC1(C)C=C2C(=O)c3c[n+]([C@H](CCC(=O)O)C(=O)O)ccc3[C@](C)(O)[C@H]2C1. The Morgan fingerprint density at radius 1 is 1.30 bits per heavy atom. The Morgan fingerprint density at radius 3 is 2.56 bits per heavy atom. The largest absolute Gasteiger partial charge is 0.481 e. The Labute approximate surface area is 157 Å². The van der Waals surface area contributed by atoms with E-state index < -0.39 is 23.6 Å². The van der Waals surface area contributed by atoms with Crippen LogP contribution in [0.2, 0.25) is 0 Å². The van der Waals surface area contributed by atoms with E-state index in [2.05, 4.69) is 0 Å². The molecule has 0 aliphatic heterocycles. The number of hydrogen-bond donors (Lipinski definition) is 3. The van der Waals surface area contributed by atoms with E-state index in [9.17, 15) is 24.6 Å². The molecule has 2 aliphatic rings. The zero-order valence-electron chi connectivity index (χ0n) is 15.6. The van der Waals surface area contributed by atoms with Gasteiger partial charge in [0.25, 0.3) is 6.04 Å². The number of aromatic nitrogens is 1. The van der Waals surface area contributed by atoms with Crippen molar-refractivity contribution in [1.82, 2.24) is 0 Å². The highest BCUT2D eigenvalue weighted by molar-refractivity contribution is 6.11. The van der Waals surface area contributed by atoms with Crippen molar-refractivity contribution < 1.29 is 34.3 Å². The number of carboxylic acid groups (broad SMARTS) is 2. The molecule has 3 rings (SSSR count). The number of ketones is 1. The van der Waals surface area contributed by atoms with Gasteiger partial charge in [0, 0.05) is 29.5 Å². The van der Waals surface area contributed by atoms with Gasteiger partial charge in [-0.25, -0.2) is 4.79 Å². The number of nitrogens with zero attached hydrogens (tertiary/aromatic N) is 1. The maximum absolute atomic E-state index is 13.1. The third-order valence-corrected chi connectivity index (χ3v) is 5.64. The number of pyridine rings is 1. The van der Waals surface area contributed by atoms with Crippen LogP contribution in [-0.4, -0.2) is 33.0 Å². The van der Waals surface area contributed by atoms with Crippen LogP contribution < -0.4 is 4.57 Å². The van der Waals surface area contributed by atoms with Crippen LogP contribution >= 0.6 is 0 Å². The number of allylic oxidation sites excluding steroid dienone is 1. The molecule has 0 bridgehead atoms. The number of aliphatic carboxylic acids is 2. The summed E-state index contributed by atoms with van der Waals surface area (Å²) in [5.74, 6) is -2.76. The van der Waals surface area contributed by atoms with Gasteiger partial charge in [-0.3, -0.25) is 9.59 Å². The van der Waals surface area contributed by atoms with E-state index in [0.29, 0.717) is 17.6 Å². The van der Waals surface area contributed by atoms with Crippen molar-refractivity contribution in [2.75, 3.05) is 0 Å². The molecule has 0 aromatic carbocycles. The third kappa shape index (κ3) is 3.27. The molecule has 0 fully saturated rings. The van der Waals surface area contributed by atoms with Gasteiger partial charge in [0.15, 0.2) is 18.2 Å². The summed E-state index contributed by atoms with van der Waals surface area (Å²) in [4.78, 5) is 35.5. The lowest BCUT2D eigenvalue weighted by atomic mass is 9.69. The van der Waals surface area contributed by atoms with E-state index in [1.807, 2.05) is 19.9 Å². The average Bonchev–Trinajstić information content (AvgIpc) is 2.89. The number of rotatable bonds is 5. The fourth-order valence-corrected chi connectivity index (χ4v) is 4.27. The van der Waals surface area contributed by atoms with Crippen LogP contribution in [0.1, 0.15) is 62.0 Å². The number of fused-ring (bicyclic) bond motifs is 2. The van der Waals surface area contributed by atoms with Gasteiger partial charge in [-0.1, -0.05) is 19.9 Å². The van der Waals surface area contributed by atoms with Crippen molar-refractivity contribution in [2.45, 2.75) is 51.7 Å². The second-order valence-corrected chi connectivity index (χ2v) is 8.33. The molecule has 1 heterocycles. The van der Waals surface area contributed by atoms with Crippen molar-refractivity contribution in [1.29, 1.82) is 0 Å². The standard InChI is InChI=1S/C20H23NO6/c1-19(2)8-11-14(9-19)20(3,27)13-6-7-21(10-12(13)17(11)24)15(18(25)26)4-5-16(22)23/h6-8,10,14-15,27H,4-5,9H2,1-3H3,(H-,22,23,25,26)/p+1/t14-,15+,20-/m0/s1. The van der Waals surface area contributed by atoms with E-state index in [1.165, 1.54) is 17.0 Å². The van der Waals surface area contributed by atoms with Crippen LogP contribution in [-0.2, 0) is 15.2 Å². The summed E-state index contributed by atoms with van der Waals surface area (Å²) in [5, 5.41) is 29.5. The van der Waals surface area contributed by atoms with Crippen molar-refractivity contribution >= 4 is 17.7 Å². The topological polar surface area (TPSA) is 116 Å². The van der Waals surface area contributed by atoms with Crippen LogP contribution in [0.4, 0.5) is 0 Å². The van der Waals surface area contributed by atoms with Crippen LogP contribution in [0.25, 0.3) is 0 Å². The van der Waals surface area contributed by atoms with Crippen LogP contribution in [0.15, 0.2) is 30.1 Å². The molecule has 2 aliphatic carbocycles. The highest BCUT2D eigenvalue weighted by atomic mass is 16.4. The molecule has 0 unspecified atom stereocenters. The highest BCUT2D eigenvalue weighted by Crippen LogP contribution is 2.52. The van der Waals surface area contributed by atoms with Gasteiger partial charge in [-0.2, -0.15) is 4.57 Å². The van der Waals surface area contributed by atoms with Crippen molar-refractivity contribution in [3.8, 4) is 0 Å². The van der Waals surface area contributed by atoms with Crippen molar-refractivity contribution in [3.05, 3.63) is 41.2 Å². The van der Waals surface area contributed by atoms with Crippen LogP contribution in [0, 0.1) is 11.3 Å². The van der Waals surface area contributed by atoms with Gasteiger partial charge in [-0.05, 0) is 18.8 Å². The van der Waals surface area contributed by atoms with Gasteiger partial charge < -0.3 is 15.3 Å². The fraction of sp³-hybridized carbons (Fsp3) is 0.500. The summed E-state index contributed by atoms with van der Waals surface area (Å²) >= 11 is 0. The number of aliphatic hydroxyl groups is 1. The molecule has 0 saturated carbocycles. The first-order valence-corrected chi connectivity index (χ1v) is 8.94. The minimum Gasteiger partial charge on any atom is -0.481 e. The lowest BCUT2D eigenvalue weighted by Gasteiger charge is -2.37. The molecule has 0 radical (unpaired) electrons. The zero-order valence-corrected chi connectivity index (χ0v) is 15.6. The Hall–Kier alpha value is -2.54. The Balaban J connectivity index is 2.07. The molecule has 1 aromatic heterocycles. The summed E-state index contributed by atoms with van der Waals surface area (Å²) in [6, 6.07) is 0.474. The maximum Gasteiger partial charge on any atom is 0.373 e. The van der Waals surface area contributed by atoms with Crippen molar-refractivity contribution in [3.63, 3.8) is 0 Å². The van der Waals surface area contributed by atoms with E-state index >= 15 is 0 Å². The van der Waals surface area contributed by atoms with Gasteiger partial charge in [0.2, 0.25) is 0 Å². The summed E-state index contributed by atoms with van der Waals surface area (Å²) in [7, 11) is 0. The predicted molar refractivity (Wildman–Crippen MR) is 94.1 cm³/mol. The van der Waals surface area contributed by atoms with Gasteiger partial charge in [0.1, 0.15) is 0 Å². The monoisotopic (exact) mass is 374 g/mol. The molecule has 0 amide bonds. The molecule has 144 valence electrons. The molecule has 0 saturated heterocycles. The van der Waals surface area contributed by atoms with Crippen LogP contribution in [0.3, 0.4) is 0 Å². The Morgan fingerprint density at radius 2 is 1.96 bits per heavy atom. The first-order valence-electron chi connectivity index (χ1n) is 8.94. The second-order valence-electron chi connectivity index (χ2n) is 8.33. The van der Waals surface area contributed by atoms with Gasteiger partial charge >= 0.3 is 11.9 Å².